The first-order chi connectivity index (χ1) is 10.0. The summed E-state index contributed by atoms with van der Waals surface area (Å²) in [6.45, 7) is 4.95. The number of carbonyl (C=O) groups is 1. The molecule has 0 spiro atoms. The summed E-state index contributed by atoms with van der Waals surface area (Å²) in [7, 11) is 0. The number of amides is 1. The highest BCUT2D eigenvalue weighted by molar-refractivity contribution is 5.97. The highest BCUT2D eigenvalue weighted by Gasteiger charge is 2.32. The minimum absolute atomic E-state index is 0.0404. The number of aliphatic hydroxyl groups is 1. The Labute approximate surface area is 126 Å². The van der Waals surface area contributed by atoms with Gasteiger partial charge in [0, 0.05) is 18.5 Å². The third-order valence-electron chi connectivity index (χ3n) is 4.12. The van der Waals surface area contributed by atoms with Crippen LogP contribution in [0.3, 0.4) is 0 Å². The van der Waals surface area contributed by atoms with Crippen molar-refractivity contribution in [3.63, 3.8) is 0 Å². The van der Waals surface area contributed by atoms with E-state index in [0.717, 1.165) is 17.7 Å². The minimum Gasteiger partial charge on any atom is -0.395 e. The first-order valence-electron chi connectivity index (χ1n) is 7.53. The molecule has 1 fully saturated rings. The molecule has 0 atom stereocenters. The Balaban J connectivity index is 2.11. The lowest BCUT2D eigenvalue weighted by Crippen LogP contribution is -2.40. The third-order valence-corrected chi connectivity index (χ3v) is 4.12. The van der Waals surface area contributed by atoms with Gasteiger partial charge < -0.3 is 10.4 Å². The lowest BCUT2D eigenvalue weighted by atomic mass is 9.70. The highest BCUT2D eigenvalue weighted by atomic mass is 16.2. The average Bonchev–Trinajstić information content (AvgIpc) is 2.44. The van der Waals surface area contributed by atoms with Gasteiger partial charge in [-0.1, -0.05) is 36.8 Å². The van der Waals surface area contributed by atoms with Crippen molar-refractivity contribution in [1.29, 1.82) is 0 Å². The van der Waals surface area contributed by atoms with Crippen LogP contribution in [0.5, 0.6) is 0 Å². The van der Waals surface area contributed by atoms with E-state index in [1.54, 1.807) is 0 Å². The average molecular weight is 285 g/mol. The number of hydrogen-bond acceptors (Lipinski definition) is 2. The molecule has 0 bridgehead atoms. The van der Waals surface area contributed by atoms with Crippen LogP contribution in [-0.2, 0) is 0 Å². The van der Waals surface area contributed by atoms with E-state index >= 15 is 0 Å². The highest BCUT2D eigenvalue weighted by Crippen LogP contribution is 2.39. The predicted molar refractivity (Wildman–Crippen MR) is 84.1 cm³/mol. The van der Waals surface area contributed by atoms with Crippen LogP contribution in [0.15, 0.2) is 18.2 Å². The molecule has 1 aromatic carbocycles. The molecular weight excluding hydrogens is 262 g/mol. The molecule has 0 aliphatic heterocycles. The Morgan fingerprint density at radius 1 is 1.43 bits per heavy atom. The molecule has 0 heterocycles. The summed E-state index contributed by atoms with van der Waals surface area (Å²) in [5, 5.41) is 11.8. The van der Waals surface area contributed by atoms with Gasteiger partial charge in [-0.25, -0.2) is 0 Å². The SMILES string of the molecule is Cc1ccc(C#CCCO)c(C(=O)NCC2(C)CCC2)c1. The Morgan fingerprint density at radius 3 is 2.81 bits per heavy atom. The number of nitrogens with one attached hydrogen (secondary N) is 1. The van der Waals surface area contributed by atoms with E-state index in [-0.39, 0.29) is 17.9 Å². The van der Waals surface area contributed by atoms with Crippen LogP contribution in [0.1, 0.15) is 54.1 Å². The van der Waals surface area contributed by atoms with Gasteiger partial charge in [0.2, 0.25) is 0 Å². The zero-order chi connectivity index (χ0) is 15.3. The smallest absolute Gasteiger partial charge is 0.252 e. The maximum atomic E-state index is 12.4. The monoisotopic (exact) mass is 285 g/mol. The van der Waals surface area contributed by atoms with Crippen molar-refractivity contribution in [1.82, 2.24) is 5.32 Å². The zero-order valence-electron chi connectivity index (χ0n) is 12.8. The third kappa shape index (κ3) is 4.09. The molecule has 112 valence electrons. The number of aryl methyl sites for hydroxylation is 1. The predicted octanol–water partition coefficient (Wildman–Crippen LogP) is 2.65. The molecule has 1 aromatic rings. The van der Waals surface area contributed by atoms with Gasteiger partial charge >= 0.3 is 0 Å². The molecule has 0 unspecified atom stereocenters. The van der Waals surface area contributed by atoms with E-state index in [4.69, 9.17) is 5.11 Å². The van der Waals surface area contributed by atoms with Gasteiger partial charge in [-0.2, -0.15) is 0 Å². The molecule has 1 saturated carbocycles. The molecule has 2 N–H and O–H groups in total. The molecule has 3 heteroatoms. The summed E-state index contributed by atoms with van der Waals surface area (Å²) in [4.78, 5) is 12.4. The largest absolute Gasteiger partial charge is 0.395 e. The topological polar surface area (TPSA) is 49.3 Å². The molecule has 3 nitrogen and oxygen atoms in total. The van der Waals surface area contributed by atoms with Crippen molar-refractivity contribution in [2.75, 3.05) is 13.2 Å². The van der Waals surface area contributed by atoms with Crippen LogP contribution < -0.4 is 5.32 Å². The molecule has 0 aromatic heterocycles. The van der Waals surface area contributed by atoms with Gasteiger partial charge in [0.1, 0.15) is 0 Å². The molecule has 1 amide bonds. The van der Waals surface area contributed by atoms with E-state index in [1.807, 2.05) is 25.1 Å². The Bertz CT molecular complexity index is 577. The lowest BCUT2D eigenvalue weighted by Gasteiger charge is -2.38. The van der Waals surface area contributed by atoms with E-state index < -0.39 is 0 Å². The fourth-order valence-electron chi connectivity index (χ4n) is 2.51. The zero-order valence-corrected chi connectivity index (χ0v) is 12.8. The maximum absolute atomic E-state index is 12.4. The summed E-state index contributed by atoms with van der Waals surface area (Å²) in [6, 6.07) is 5.70. The van der Waals surface area contributed by atoms with Gasteiger partial charge in [0.05, 0.1) is 12.2 Å². The van der Waals surface area contributed by atoms with Gasteiger partial charge in [-0.05, 0) is 37.3 Å². The summed E-state index contributed by atoms with van der Waals surface area (Å²) < 4.78 is 0. The molecule has 0 radical (unpaired) electrons. The second-order valence-corrected chi connectivity index (χ2v) is 6.17. The Kier molecular flexibility index (Phi) is 5.03. The van der Waals surface area contributed by atoms with Crippen molar-refractivity contribution >= 4 is 5.91 Å². The molecule has 2 rings (SSSR count). The number of carbonyl (C=O) groups excluding carboxylic acids is 1. The summed E-state index contributed by atoms with van der Waals surface area (Å²) >= 11 is 0. The molecule has 1 aliphatic carbocycles. The van der Waals surface area contributed by atoms with Crippen LogP contribution in [-0.4, -0.2) is 24.2 Å². The number of benzene rings is 1. The summed E-state index contributed by atoms with van der Waals surface area (Å²) in [6.07, 6.45) is 4.05. The van der Waals surface area contributed by atoms with Crippen molar-refractivity contribution < 1.29 is 9.90 Å². The number of hydrogen-bond donors (Lipinski definition) is 2. The number of rotatable bonds is 4. The molecule has 21 heavy (non-hydrogen) atoms. The standard InChI is InChI=1S/C18H23NO2/c1-14-7-8-15(6-3-4-11-20)16(12-14)17(21)19-13-18(2)9-5-10-18/h7-8,12,20H,4-5,9-11,13H2,1-2H3,(H,19,21). The maximum Gasteiger partial charge on any atom is 0.252 e. The number of aliphatic hydroxyl groups excluding tert-OH is 1. The van der Waals surface area contributed by atoms with Crippen LogP contribution in [0, 0.1) is 24.2 Å². The van der Waals surface area contributed by atoms with Crippen LogP contribution in [0.25, 0.3) is 0 Å². The molecule has 1 aliphatic rings. The van der Waals surface area contributed by atoms with Gasteiger partial charge in [-0.15, -0.1) is 0 Å². The Hall–Kier alpha value is -1.79. The quantitative estimate of drug-likeness (QED) is 0.836. The fraction of sp³-hybridized carbons (Fsp3) is 0.500. The van der Waals surface area contributed by atoms with Gasteiger partial charge in [-0.3, -0.25) is 4.79 Å². The van der Waals surface area contributed by atoms with E-state index in [9.17, 15) is 4.79 Å². The minimum atomic E-state index is -0.0554. The van der Waals surface area contributed by atoms with Crippen LogP contribution >= 0.6 is 0 Å². The van der Waals surface area contributed by atoms with Crippen molar-refractivity contribution in [3.05, 3.63) is 34.9 Å². The van der Waals surface area contributed by atoms with Crippen LogP contribution in [0.2, 0.25) is 0 Å². The first kappa shape index (κ1) is 15.6. The van der Waals surface area contributed by atoms with E-state index in [1.165, 1.54) is 19.3 Å². The van der Waals surface area contributed by atoms with Crippen LogP contribution in [0.4, 0.5) is 0 Å². The van der Waals surface area contributed by atoms with E-state index in [2.05, 4.69) is 24.1 Å². The summed E-state index contributed by atoms with van der Waals surface area (Å²) in [5.74, 6) is 5.80. The van der Waals surface area contributed by atoms with Crippen molar-refractivity contribution in [2.45, 2.75) is 39.5 Å². The van der Waals surface area contributed by atoms with E-state index in [0.29, 0.717) is 12.0 Å². The fourth-order valence-corrected chi connectivity index (χ4v) is 2.51. The summed E-state index contributed by atoms with van der Waals surface area (Å²) in [5.41, 5.74) is 2.67. The van der Waals surface area contributed by atoms with Gasteiger partial charge in [0.15, 0.2) is 0 Å². The molecular formula is C18H23NO2. The normalized spacial score (nSPS) is 15.6. The second kappa shape index (κ2) is 6.78. The van der Waals surface area contributed by atoms with Gasteiger partial charge in [0.25, 0.3) is 5.91 Å². The first-order valence-corrected chi connectivity index (χ1v) is 7.53. The second-order valence-electron chi connectivity index (χ2n) is 6.17. The lowest BCUT2D eigenvalue weighted by molar-refractivity contribution is 0.0890. The Morgan fingerprint density at radius 2 is 2.19 bits per heavy atom. The van der Waals surface area contributed by atoms with Crippen molar-refractivity contribution in [2.24, 2.45) is 5.41 Å². The van der Waals surface area contributed by atoms with Crippen molar-refractivity contribution in [3.8, 4) is 11.8 Å². The molecule has 0 saturated heterocycles.